The summed E-state index contributed by atoms with van der Waals surface area (Å²) in [5.41, 5.74) is 1.70. The Kier molecular flexibility index (Phi) is 9.90. The molecule has 8 nitrogen and oxygen atoms in total. The molecular weight excluding hydrogens is 525 g/mol. The van der Waals surface area contributed by atoms with Crippen molar-refractivity contribution < 1.29 is 14.3 Å². The molecule has 0 aromatic heterocycles. The van der Waals surface area contributed by atoms with Gasteiger partial charge in [-0.05, 0) is 75.9 Å². The number of anilines is 2. The highest BCUT2D eigenvalue weighted by atomic mass is 35.5. The molecular formula is C28H33Cl2N5O3. The van der Waals surface area contributed by atoms with Gasteiger partial charge in [0.25, 0.3) is 0 Å². The Morgan fingerprint density at radius 2 is 1.71 bits per heavy atom. The molecule has 3 amide bonds. The fourth-order valence-corrected chi connectivity index (χ4v) is 4.67. The number of carbonyl (C=O) groups excluding carboxylic acids is 2. The van der Waals surface area contributed by atoms with E-state index < -0.39 is 11.6 Å². The summed E-state index contributed by atoms with van der Waals surface area (Å²) in [5, 5.41) is 18.5. The molecule has 202 valence electrons. The standard InChI is InChI=1S/C28H33Cl2N5O3/c1-18(38-28(2,3)4)32-24(12-15-31)26(36)33-21-10-8-19(9-11-21)20-13-16-35(17-14-20)27(37)34-25-22(29)6-5-7-23(25)30/h5-11,20,24,32H,1,12-14,16-17H2,2-4H3,(H,33,36)(H,34,37). The third-order valence-corrected chi connectivity index (χ3v) is 6.63. The second kappa shape index (κ2) is 12.9. The van der Waals surface area contributed by atoms with Gasteiger partial charge in [-0.3, -0.25) is 4.79 Å². The van der Waals surface area contributed by atoms with Crippen LogP contribution in [-0.2, 0) is 9.53 Å². The van der Waals surface area contributed by atoms with E-state index >= 15 is 0 Å². The number of nitrogens with zero attached hydrogens (tertiary/aromatic N) is 2. The van der Waals surface area contributed by atoms with Crippen LogP contribution in [0.2, 0.25) is 10.0 Å². The predicted octanol–water partition coefficient (Wildman–Crippen LogP) is 6.50. The van der Waals surface area contributed by atoms with Crippen molar-refractivity contribution in [3.63, 3.8) is 0 Å². The Bertz CT molecular complexity index is 1180. The smallest absolute Gasteiger partial charge is 0.321 e. The van der Waals surface area contributed by atoms with Crippen LogP contribution in [0.4, 0.5) is 16.2 Å². The van der Waals surface area contributed by atoms with Crippen molar-refractivity contribution >= 4 is 46.5 Å². The van der Waals surface area contributed by atoms with Crippen LogP contribution in [0.25, 0.3) is 0 Å². The maximum atomic E-state index is 12.8. The first kappa shape index (κ1) is 29.2. The lowest BCUT2D eigenvalue weighted by Gasteiger charge is -2.32. The molecule has 1 fully saturated rings. The van der Waals surface area contributed by atoms with E-state index in [0.29, 0.717) is 40.4 Å². The van der Waals surface area contributed by atoms with E-state index in [2.05, 4.69) is 22.5 Å². The minimum Gasteiger partial charge on any atom is -0.474 e. The molecule has 1 aliphatic heterocycles. The molecule has 1 heterocycles. The Morgan fingerprint density at radius 1 is 1.11 bits per heavy atom. The summed E-state index contributed by atoms with van der Waals surface area (Å²) >= 11 is 12.3. The molecule has 0 radical (unpaired) electrons. The van der Waals surface area contributed by atoms with Crippen molar-refractivity contribution in [2.24, 2.45) is 0 Å². The summed E-state index contributed by atoms with van der Waals surface area (Å²) in [6, 6.07) is 13.7. The topological polar surface area (TPSA) is 106 Å². The van der Waals surface area contributed by atoms with Gasteiger partial charge in [0.2, 0.25) is 5.91 Å². The Labute approximate surface area is 233 Å². The number of halogens is 2. The first-order valence-corrected chi connectivity index (χ1v) is 13.1. The van der Waals surface area contributed by atoms with Crippen LogP contribution in [0.3, 0.4) is 0 Å². The van der Waals surface area contributed by atoms with Gasteiger partial charge in [-0.25, -0.2) is 4.79 Å². The molecule has 3 rings (SSSR count). The molecule has 0 saturated carbocycles. The zero-order valence-corrected chi connectivity index (χ0v) is 23.3. The Balaban J connectivity index is 1.53. The monoisotopic (exact) mass is 557 g/mol. The summed E-state index contributed by atoms with van der Waals surface area (Å²) < 4.78 is 5.62. The maximum absolute atomic E-state index is 12.8. The van der Waals surface area contributed by atoms with Crippen molar-refractivity contribution in [2.45, 2.75) is 57.6 Å². The van der Waals surface area contributed by atoms with Gasteiger partial charge in [-0.2, -0.15) is 5.26 Å². The highest BCUT2D eigenvalue weighted by molar-refractivity contribution is 6.39. The van der Waals surface area contributed by atoms with Crippen LogP contribution in [0.1, 0.15) is 51.5 Å². The zero-order valence-electron chi connectivity index (χ0n) is 21.8. The predicted molar refractivity (Wildman–Crippen MR) is 151 cm³/mol. The normalized spacial score (nSPS) is 14.7. The molecule has 0 aliphatic carbocycles. The van der Waals surface area contributed by atoms with Crippen molar-refractivity contribution in [1.82, 2.24) is 10.2 Å². The van der Waals surface area contributed by atoms with Crippen molar-refractivity contribution in [3.8, 4) is 6.07 Å². The van der Waals surface area contributed by atoms with Gasteiger partial charge in [-0.15, -0.1) is 0 Å². The quantitative estimate of drug-likeness (QED) is 0.321. The van der Waals surface area contributed by atoms with Crippen LogP contribution in [0.15, 0.2) is 54.9 Å². The van der Waals surface area contributed by atoms with Gasteiger partial charge in [0, 0.05) is 18.8 Å². The van der Waals surface area contributed by atoms with E-state index in [1.54, 1.807) is 23.1 Å². The molecule has 3 N–H and O–H groups in total. The third kappa shape index (κ3) is 8.30. The lowest BCUT2D eigenvalue weighted by molar-refractivity contribution is -0.118. The number of para-hydroxylation sites is 1. The SMILES string of the molecule is C=C(NC(CC#N)C(=O)Nc1ccc(C2CCN(C(=O)Nc3c(Cl)cccc3Cl)CC2)cc1)OC(C)(C)C. The molecule has 1 unspecified atom stereocenters. The summed E-state index contributed by atoms with van der Waals surface area (Å²) in [4.78, 5) is 27.3. The van der Waals surface area contributed by atoms with Gasteiger partial charge in [0.05, 0.1) is 28.2 Å². The number of hydrogen-bond donors (Lipinski definition) is 3. The minimum absolute atomic E-state index is 0.0364. The van der Waals surface area contributed by atoms with Gasteiger partial charge < -0.3 is 25.6 Å². The van der Waals surface area contributed by atoms with Crippen LogP contribution < -0.4 is 16.0 Å². The Hall–Kier alpha value is -3.41. The van der Waals surface area contributed by atoms with Gasteiger partial charge in [0.1, 0.15) is 11.6 Å². The number of piperidine rings is 1. The molecule has 1 atom stereocenters. The lowest BCUT2D eigenvalue weighted by Crippen LogP contribution is -2.41. The van der Waals surface area contributed by atoms with Gasteiger partial charge in [-0.1, -0.05) is 41.4 Å². The number of hydrogen-bond acceptors (Lipinski definition) is 5. The number of nitrogens with one attached hydrogen (secondary N) is 3. The zero-order chi connectivity index (χ0) is 27.9. The average Bonchev–Trinajstić information content (AvgIpc) is 2.85. The molecule has 2 aromatic rings. The Morgan fingerprint density at radius 3 is 2.26 bits per heavy atom. The molecule has 2 aromatic carbocycles. The second-order valence-corrected chi connectivity index (χ2v) is 10.9. The largest absolute Gasteiger partial charge is 0.474 e. The molecule has 38 heavy (non-hydrogen) atoms. The van der Waals surface area contributed by atoms with Crippen molar-refractivity contribution in [2.75, 3.05) is 23.7 Å². The molecule has 0 spiro atoms. The maximum Gasteiger partial charge on any atom is 0.321 e. The number of rotatable bonds is 8. The molecule has 10 heteroatoms. The van der Waals surface area contributed by atoms with E-state index in [9.17, 15) is 9.59 Å². The summed E-state index contributed by atoms with van der Waals surface area (Å²) in [6.07, 6.45) is 1.57. The fraction of sp³-hybridized carbons (Fsp3) is 0.393. The molecule has 0 bridgehead atoms. The number of nitriles is 1. The van der Waals surface area contributed by atoms with Gasteiger partial charge in [0.15, 0.2) is 5.88 Å². The van der Waals surface area contributed by atoms with E-state index in [4.69, 9.17) is 33.2 Å². The number of carbonyl (C=O) groups is 2. The van der Waals surface area contributed by atoms with Crippen molar-refractivity contribution in [1.29, 1.82) is 5.26 Å². The number of ether oxygens (including phenoxy) is 1. The third-order valence-electron chi connectivity index (χ3n) is 6.00. The van der Waals surface area contributed by atoms with E-state index in [-0.39, 0.29) is 24.2 Å². The second-order valence-electron chi connectivity index (χ2n) is 10.1. The number of benzene rings is 2. The fourth-order valence-electron chi connectivity index (χ4n) is 4.18. The van der Waals surface area contributed by atoms with Crippen LogP contribution >= 0.6 is 23.2 Å². The summed E-state index contributed by atoms with van der Waals surface area (Å²) in [7, 11) is 0. The molecule has 1 aliphatic rings. The van der Waals surface area contributed by atoms with Gasteiger partial charge >= 0.3 is 6.03 Å². The number of amides is 3. The number of urea groups is 1. The highest BCUT2D eigenvalue weighted by Crippen LogP contribution is 2.32. The molecule has 1 saturated heterocycles. The van der Waals surface area contributed by atoms with Crippen LogP contribution in [-0.4, -0.2) is 41.6 Å². The summed E-state index contributed by atoms with van der Waals surface area (Å²) in [5.74, 6) is 0.174. The van der Waals surface area contributed by atoms with Crippen molar-refractivity contribution in [3.05, 3.63) is 70.5 Å². The van der Waals surface area contributed by atoms with E-state index in [1.165, 1.54) is 0 Å². The lowest BCUT2D eigenvalue weighted by atomic mass is 9.89. The first-order chi connectivity index (χ1) is 18.0. The minimum atomic E-state index is -0.800. The first-order valence-electron chi connectivity index (χ1n) is 12.4. The summed E-state index contributed by atoms with van der Waals surface area (Å²) in [6.45, 7) is 10.6. The number of likely N-dealkylation sites (tertiary alicyclic amines) is 1. The van der Waals surface area contributed by atoms with Crippen LogP contribution in [0.5, 0.6) is 0 Å². The van der Waals surface area contributed by atoms with E-state index in [1.807, 2.05) is 51.1 Å². The van der Waals surface area contributed by atoms with E-state index in [0.717, 1.165) is 18.4 Å². The highest BCUT2D eigenvalue weighted by Gasteiger charge is 2.25. The average molecular weight is 559 g/mol. The van der Waals surface area contributed by atoms with Crippen LogP contribution in [0, 0.1) is 11.3 Å².